The van der Waals surface area contributed by atoms with E-state index in [9.17, 15) is 0 Å². The van der Waals surface area contributed by atoms with Crippen LogP contribution in [0.15, 0.2) is 127 Å². The number of aryl methyl sites for hydroxylation is 1. The van der Waals surface area contributed by atoms with Gasteiger partial charge in [-0.3, -0.25) is 0 Å². The Morgan fingerprint density at radius 2 is 1.00 bits per heavy atom. The zero-order valence-electron chi connectivity index (χ0n) is 25.3. The van der Waals surface area contributed by atoms with Gasteiger partial charge >= 0.3 is 7.05 Å². The lowest BCUT2D eigenvalue weighted by atomic mass is 9.86. The van der Waals surface area contributed by atoms with E-state index in [4.69, 9.17) is 24.6 Å². The maximum atomic E-state index is 6.75. The number of nitrogens with zero attached hydrogens (tertiary/aromatic N) is 6. The normalized spacial score (nSPS) is 11.7. The van der Waals surface area contributed by atoms with E-state index < -0.39 is 7.05 Å². The summed E-state index contributed by atoms with van der Waals surface area (Å²) in [4.78, 5) is 20.9. The molecule has 0 spiro atoms. The molecule has 0 saturated heterocycles. The Bertz CT molecular complexity index is 2560. The Morgan fingerprint density at radius 1 is 0.500 bits per heavy atom. The summed E-state index contributed by atoms with van der Waals surface area (Å²) in [6.45, 7) is 2.05. The second kappa shape index (κ2) is 10.3. The monoisotopic (exact) mass is 594 g/mol. The van der Waals surface area contributed by atoms with Crippen LogP contribution in [0.5, 0.6) is 5.75 Å². The maximum Gasteiger partial charge on any atom is 0.486 e. The lowest BCUT2D eigenvalue weighted by Crippen LogP contribution is -2.28. The molecule has 5 aromatic carbocycles. The van der Waals surface area contributed by atoms with Gasteiger partial charge in [0.15, 0.2) is 11.6 Å². The van der Waals surface area contributed by atoms with Crippen LogP contribution in [0, 0.1) is 0 Å². The van der Waals surface area contributed by atoms with Crippen molar-refractivity contribution in [3.05, 3.63) is 127 Å². The standard InChI is InChI=1S/C38H27BN6O/c1-39(46-26-16-12-15-25(23-26)24-13-4-3-5-14-24)45-37-31-21-10-11-22-32(31)38(45)43-36-30-20-9-8-19-29(30)35(44(36)2)41-33-27-17-6-7-18-28(27)34(40-33)42-37/h3-23H,1-2H3. The summed E-state index contributed by atoms with van der Waals surface area (Å²) in [5.41, 5.74) is 7.22. The fourth-order valence-electron chi connectivity index (χ4n) is 6.61. The summed E-state index contributed by atoms with van der Waals surface area (Å²) in [7, 11) is 1.56. The van der Waals surface area contributed by atoms with Crippen molar-refractivity contribution in [2.24, 2.45) is 7.05 Å². The molecule has 46 heavy (non-hydrogen) atoms. The number of benzene rings is 5. The largest absolute Gasteiger partial charge is 0.541 e. The van der Waals surface area contributed by atoms with Gasteiger partial charge < -0.3 is 13.7 Å². The summed E-state index contributed by atoms with van der Waals surface area (Å²) in [6, 6.07) is 43.2. The molecule has 3 aromatic heterocycles. The fraction of sp³-hybridized carbons (Fsp3) is 0.0526. The van der Waals surface area contributed by atoms with Gasteiger partial charge in [0.05, 0.1) is 0 Å². The molecular weight excluding hydrogens is 567 g/mol. The average molecular weight is 594 g/mol. The topological polar surface area (TPSA) is 70.7 Å². The molecule has 0 radical (unpaired) electrons. The minimum atomic E-state index is -0.463. The van der Waals surface area contributed by atoms with E-state index in [1.807, 2.05) is 80.6 Å². The summed E-state index contributed by atoms with van der Waals surface area (Å²) in [5.74, 6) is 2.01. The van der Waals surface area contributed by atoms with Gasteiger partial charge in [0.2, 0.25) is 0 Å². The predicted molar refractivity (Wildman–Crippen MR) is 186 cm³/mol. The van der Waals surface area contributed by atoms with Crippen LogP contribution in [0.4, 0.5) is 0 Å². The van der Waals surface area contributed by atoms with Crippen molar-refractivity contribution in [2.75, 3.05) is 0 Å². The molecular formula is C38H27BN6O. The first kappa shape index (κ1) is 26.4. The number of hydrogen-bond acceptors (Lipinski definition) is 5. The maximum absolute atomic E-state index is 6.75. The van der Waals surface area contributed by atoms with Crippen LogP contribution in [0.1, 0.15) is 0 Å². The van der Waals surface area contributed by atoms with Crippen molar-refractivity contribution >= 4 is 51.2 Å². The van der Waals surface area contributed by atoms with E-state index in [0.29, 0.717) is 11.6 Å². The molecule has 4 heterocycles. The SMILES string of the molecule is CB(Oc1cccc(-c2ccccc2)c1)n1c2nc3nc(nc4c5ccccc5c(nc1c1ccccc12)n4C)-c1ccccc1-3. The fourth-order valence-corrected chi connectivity index (χ4v) is 6.61. The summed E-state index contributed by atoms with van der Waals surface area (Å²) < 4.78 is 10.9. The Kier molecular flexibility index (Phi) is 5.90. The highest BCUT2D eigenvalue weighted by molar-refractivity contribution is 6.52. The third kappa shape index (κ3) is 4.07. The van der Waals surface area contributed by atoms with E-state index in [1.54, 1.807) is 0 Å². The first-order chi connectivity index (χ1) is 22.6. The van der Waals surface area contributed by atoms with E-state index in [-0.39, 0.29) is 0 Å². The van der Waals surface area contributed by atoms with E-state index in [0.717, 1.165) is 72.1 Å². The zero-order valence-corrected chi connectivity index (χ0v) is 25.3. The highest BCUT2D eigenvalue weighted by atomic mass is 16.4. The van der Waals surface area contributed by atoms with Gasteiger partial charge in [0, 0.05) is 39.7 Å². The Hall–Kier alpha value is -6.02. The molecule has 0 unspecified atom stereocenters. The number of fused-ring (bicyclic) bond motifs is 15. The van der Waals surface area contributed by atoms with E-state index >= 15 is 0 Å². The third-order valence-electron chi connectivity index (χ3n) is 8.78. The van der Waals surface area contributed by atoms with Crippen molar-refractivity contribution in [1.82, 2.24) is 29.0 Å². The molecule has 9 rings (SSSR count). The smallest absolute Gasteiger partial charge is 0.486 e. The lowest BCUT2D eigenvalue weighted by Gasteiger charge is -2.15. The van der Waals surface area contributed by atoms with Gasteiger partial charge in [-0.05, 0) is 30.1 Å². The lowest BCUT2D eigenvalue weighted by molar-refractivity contribution is 0.564. The number of rotatable bonds is 4. The van der Waals surface area contributed by atoms with Crippen LogP contribution >= 0.6 is 0 Å². The van der Waals surface area contributed by atoms with Crippen molar-refractivity contribution in [3.8, 4) is 39.7 Å². The van der Waals surface area contributed by atoms with Gasteiger partial charge in [-0.2, -0.15) is 0 Å². The van der Waals surface area contributed by atoms with Crippen molar-refractivity contribution < 1.29 is 4.65 Å². The molecule has 1 aliphatic heterocycles. The van der Waals surface area contributed by atoms with Gasteiger partial charge in [0.25, 0.3) is 0 Å². The molecule has 8 aromatic rings. The second-order valence-corrected chi connectivity index (χ2v) is 11.6. The highest BCUT2D eigenvalue weighted by Gasteiger charge is 2.26. The van der Waals surface area contributed by atoms with Crippen LogP contribution in [-0.2, 0) is 7.05 Å². The summed E-state index contributed by atoms with van der Waals surface area (Å²) >= 11 is 0. The minimum absolute atomic E-state index is 0.463. The van der Waals surface area contributed by atoms with Gasteiger partial charge in [0.1, 0.15) is 28.3 Å². The van der Waals surface area contributed by atoms with Gasteiger partial charge in [-0.1, -0.05) is 115 Å². The summed E-state index contributed by atoms with van der Waals surface area (Å²) in [5, 5.41) is 3.98. The van der Waals surface area contributed by atoms with E-state index in [1.165, 1.54) is 0 Å². The second-order valence-electron chi connectivity index (χ2n) is 11.6. The van der Waals surface area contributed by atoms with Crippen LogP contribution in [-0.4, -0.2) is 36.0 Å². The summed E-state index contributed by atoms with van der Waals surface area (Å²) in [6.07, 6.45) is 0. The molecule has 0 N–H and O–H groups in total. The third-order valence-corrected chi connectivity index (χ3v) is 8.78. The van der Waals surface area contributed by atoms with Gasteiger partial charge in [-0.25, -0.2) is 19.9 Å². The zero-order chi connectivity index (χ0) is 30.8. The first-order valence-electron chi connectivity index (χ1n) is 15.4. The molecule has 7 nitrogen and oxygen atoms in total. The highest BCUT2D eigenvalue weighted by Crippen LogP contribution is 2.36. The van der Waals surface area contributed by atoms with Crippen LogP contribution < -0.4 is 4.65 Å². The van der Waals surface area contributed by atoms with Crippen molar-refractivity contribution in [2.45, 2.75) is 6.82 Å². The van der Waals surface area contributed by atoms with Crippen LogP contribution in [0.2, 0.25) is 6.82 Å². The Labute approximate surface area is 265 Å². The van der Waals surface area contributed by atoms with Crippen LogP contribution in [0.25, 0.3) is 78.0 Å². The molecule has 6 bridgehead atoms. The Balaban J connectivity index is 1.38. The number of hydrogen-bond donors (Lipinski definition) is 0. The first-order valence-corrected chi connectivity index (χ1v) is 15.4. The molecule has 0 amide bonds. The molecule has 8 heteroatoms. The number of aromatic nitrogens is 6. The minimum Gasteiger partial charge on any atom is -0.541 e. The van der Waals surface area contributed by atoms with Crippen molar-refractivity contribution in [1.29, 1.82) is 0 Å². The molecule has 218 valence electrons. The molecule has 0 atom stereocenters. The predicted octanol–water partition coefficient (Wildman–Crippen LogP) is 8.50. The van der Waals surface area contributed by atoms with E-state index in [2.05, 4.69) is 69.7 Å². The molecule has 0 aliphatic carbocycles. The molecule has 0 saturated carbocycles. The molecule has 0 fully saturated rings. The quantitative estimate of drug-likeness (QED) is 0.191. The Morgan fingerprint density at radius 3 is 1.65 bits per heavy atom. The molecule has 1 aliphatic rings. The van der Waals surface area contributed by atoms with Crippen LogP contribution in [0.3, 0.4) is 0 Å². The van der Waals surface area contributed by atoms with Crippen molar-refractivity contribution in [3.63, 3.8) is 0 Å². The average Bonchev–Trinajstić information content (AvgIpc) is 3.70. The van der Waals surface area contributed by atoms with Gasteiger partial charge in [-0.15, -0.1) is 0 Å².